The van der Waals surface area contributed by atoms with Crippen LogP contribution in [0.1, 0.15) is 25.7 Å². The van der Waals surface area contributed by atoms with E-state index in [1.807, 2.05) is 5.01 Å². The highest BCUT2D eigenvalue weighted by molar-refractivity contribution is 5.73. The van der Waals surface area contributed by atoms with Crippen LogP contribution < -0.4 is 5.43 Å². The van der Waals surface area contributed by atoms with Gasteiger partial charge in [0.25, 0.3) is 0 Å². The summed E-state index contributed by atoms with van der Waals surface area (Å²) in [6.45, 7) is 4.11. The van der Waals surface area contributed by atoms with Crippen molar-refractivity contribution in [2.45, 2.75) is 25.7 Å². The molecule has 1 atom stereocenters. The van der Waals surface area contributed by atoms with Crippen molar-refractivity contribution in [2.75, 3.05) is 39.4 Å². The quantitative estimate of drug-likeness (QED) is 0.787. The molecule has 0 aliphatic carbocycles. The van der Waals surface area contributed by atoms with Crippen molar-refractivity contribution in [3.05, 3.63) is 0 Å². The highest BCUT2D eigenvalue weighted by Crippen LogP contribution is 2.21. The fourth-order valence-electron chi connectivity index (χ4n) is 2.69. The Hall–Kier alpha value is -1.34. The van der Waals surface area contributed by atoms with Crippen molar-refractivity contribution in [2.24, 2.45) is 5.92 Å². The first-order chi connectivity index (χ1) is 9.65. The van der Waals surface area contributed by atoms with Crippen LogP contribution in [0.3, 0.4) is 0 Å². The molecule has 0 aromatic heterocycles. The minimum Gasteiger partial charge on any atom is -0.481 e. The molecule has 2 N–H and O–H groups in total. The minimum atomic E-state index is -0.764. The number of carbonyl (C=O) groups is 2. The van der Waals surface area contributed by atoms with Gasteiger partial charge in [-0.05, 0) is 25.2 Å². The normalized spacial score (nSPS) is 24.4. The average molecular weight is 285 g/mol. The van der Waals surface area contributed by atoms with E-state index in [1.165, 1.54) is 0 Å². The van der Waals surface area contributed by atoms with E-state index in [1.54, 1.807) is 4.90 Å². The van der Waals surface area contributed by atoms with Crippen LogP contribution in [-0.4, -0.2) is 66.4 Å². The summed E-state index contributed by atoms with van der Waals surface area (Å²) in [5.41, 5.74) is 2.90. The summed E-state index contributed by atoms with van der Waals surface area (Å²) in [5, 5.41) is 10.6. The Bertz CT molecular complexity index is 345. The van der Waals surface area contributed by atoms with Gasteiger partial charge in [0, 0.05) is 32.6 Å². The molecule has 0 aromatic rings. The second-order valence-corrected chi connectivity index (χ2v) is 5.40. The topological polar surface area (TPSA) is 82.1 Å². The van der Waals surface area contributed by atoms with Crippen molar-refractivity contribution in [1.82, 2.24) is 15.3 Å². The lowest BCUT2D eigenvalue weighted by Gasteiger charge is -2.35. The van der Waals surface area contributed by atoms with Gasteiger partial charge in [-0.3, -0.25) is 10.2 Å². The minimum absolute atomic E-state index is 0.0769. The van der Waals surface area contributed by atoms with Gasteiger partial charge < -0.3 is 14.7 Å². The highest BCUT2D eigenvalue weighted by atomic mass is 16.5. The number of amides is 2. The average Bonchev–Trinajstić information content (AvgIpc) is 2.46. The third-order valence-corrected chi connectivity index (χ3v) is 3.84. The molecule has 2 fully saturated rings. The van der Waals surface area contributed by atoms with Crippen LogP contribution in [0.2, 0.25) is 0 Å². The molecule has 0 saturated carbocycles. The molecule has 7 nitrogen and oxygen atoms in total. The van der Waals surface area contributed by atoms with E-state index in [9.17, 15) is 9.59 Å². The molecular weight excluding hydrogens is 262 g/mol. The van der Waals surface area contributed by atoms with Crippen LogP contribution in [0.5, 0.6) is 0 Å². The molecule has 2 heterocycles. The largest absolute Gasteiger partial charge is 0.481 e. The molecule has 2 rings (SSSR count). The monoisotopic (exact) mass is 285 g/mol. The summed E-state index contributed by atoms with van der Waals surface area (Å²) < 4.78 is 5.24. The summed E-state index contributed by atoms with van der Waals surface area (Å²) in [7, 11) is 0. The molecule has 2 saturated heterocycles. The Labute approximate surface area is 118 Å². The number of nitrogens with zero attached hydrogens (tertiary/aromatic N) is 2. The zero-order valence-electron chi connectivity index (χ0n) is 11.7. The molecule has 0 spiro atoms. The van der Waals surface area contributed by atoms with Crippen molar-refractivity contribution in [3.63, 3.8) is 0 Å². The molecule has 7 heteroatoms. The van der Waals surface area contributed by atoms with Gasteiger partial charge in [0.1, 0.15) is 0 Å². The Morgan fingerprint density at radius 1 is 1.25 bits per heavy atom. The van der Waals surface area contributed by atoms with E-state index >= 15 is 0 Å². The smallest absolute Gasteiger partial charge is 0.331 e. The number of piperidine rings is 1. The number of urea groups is 1. The van der Waals surface area contributed by atoms with E-state index in [2.05, 4.69) is 5.43 Å². The van der Waals surface area contributed by atoms with Crippen LogP contribution in [0.4, 0.5) is 4.79 Å². The summed E-state index contributed by atoms with van der Waals surface area (Å²) in [6, 6.07) is -0.0769. The van der Waals surface area contributed by atoms with Crippen LogP contribution >= 0.6 is 0 Å². The third-order valence-electron chi connectivity index (χ3n) is 3.84. The number of carboxylic acid groups (broad SMARTS) is 1. The Morgan fingerprint density at radius 3 is 2.70 bits per heavy atom. The molecule has 0 aromatic carbocycles. The predicted octanol–water partition coefficient (Wildman–Crippen LogP) is 0.520. The Kier molecular flexibility index (Phi) is 5.60. The standard InChI is InChI=1S/C13H23N3O4/c17-12(18)4-3-11-2-1-5-15(10-11)13(19)14-16-6-8-20-9-7-16/h11H,1-10H2,(H,14,19)(H,17,18). The molecule has 0 radical (unpaired) electrons. The van der Waals surface area contributed by atoms with Crippen LogP contribution in [0.25, 0.3) is 0 Å². The predicted molar refractivity (Wildman–Crippen MR) is 72.1 cm³/mol. The molecule has 2 aliphatic heterocycles. The van der Waals surface area contributed by atoms with Crippen LogP contribution in [-0.2, 0) is 9.53 Å². The van der Waals surface area contributed by atoms with E-state index in [-0.39, 0.29) is 12.5 Å². The lowest BCUT2D eigenvalue weighted by molar-refractivity contribution is -0.137. The molecule has 0 bridgehead atoms. The van der Waals surface area contributed by atoms with Gasteiger partial charge >= 0.3 is 12.0 Å². The third kappa shape index (κ3) is 4.64. The first kappa shape index (κ1) is 15.1. The number of likely N-dealkylation sites (tertiary alicyclic amines) is 1. The lowest BCUT2D eigenvalue weighted by Crippen LogP contribution is -2.54. The number of hydrazine groups is 1. The SMILES string of the molecule is O=C(O)CCC1CCCN(C(=O)NN2CCOCC2)C1. The van der Waals surface area contributed by atoms with Crippen molar-refractivity contribution < 1.29 is 19.4 Å². The molecule has 2 amide bonds. The Balaban J connectivity index is 1.75. The van der Waals surface area contributed by atoms with Crippen LogP contribution in [0, 0.1) is 5.92 Å². The van der Waals surface area contributed by atoms with E-state index < -0.39 is 5.97 Å². The zero-order chi connectivity index (χ0) is 14.4. The molecule has 20 heavy (non-hydrogen) atoms. The number of aliphatic carboxylic acids is 1. The van der Waals surface area contributed by atoms with Gasteiger partial charge in [0.05, 0.1) is 13.2 Å². The molecule has 1 unspecified atom stereocenters. The second-order valence-electron chi connectivity index (χ2n) is 5.40. The van der Waals surface area contributed by atoms with Crippen molar-refractivity contribution in [3.8, 4) is 0 Å². The fraction of sp³-hybridized carbons (Fsp3) is 0.846. The van der Waals surface area contributed by atoms with Crippen molar-refractivity contribution in [1.29, 1.82) is 0 Å². The summed E-state index contributed by atoms with van der Waals surface area (Å²) in [6.07, 6.45) is 2.79. The lowest BCUT2D eigenvalue weighted by atomic mass is 9.93. The van der Waals surface area contributed by atoms with Crippen LogP contribution in [0.15, 0.2) is 0 Å². The summed E-state index contributed by atoms with van der Waals surface area (Å²) >= 11 is 0. The molecule has 2 aliphatic rings. The van der Waals surface area contributed by atoms with E-state index in [4.69, 9.17) is 9.84 Å². The number of hydrogen-bond acceptors (Lipinski definition) is 4. The number of morpholine rings is 1. The van der Waals surface area contributed by atoms with Gasteiger partial charge in [-0.15, -0.1) is 0 Å². The number of rotatable bonds is 4. The second kappa shape index (κ2) is 7.44. The van der Waals surface area contributed by atoms with Gasteiger partial charge in [-0.1, -0.05) is 0 Å². The number of nitrogens with one attached hydrogen (secondary N) is 1. The number of carbonyl (C=O) groups excluding carboxylic acids is 1. The molecular formula is C13H23N3O4. The zero-order valence-corrected chi connectivity index (χ0v) is 11.7. The Morgan fingerprint density at radius 2 is 2.00 bits per heavy atom. The maximum absolute atomic E-state index is 12.2. The van der Waals surface area contributed by atoms with E-state index in [0.717, 1.165) is 19.4 Å². The summed E-state index contributed by atoms with van der Waals surface area (Å²) in [4.78, 5) is 24.6. The van der Waals surface area contributed by atoms with E-state index in [0.29, 0.717) is 45.2 Å². The van der Waals surface area contributed by atoms with Crippen molar-refractivity contribution >= 4 is 12.0 Å². The first-order valence-corrected chi connectivity index (χ1v) is 7.25. The number of hydrogen-bond donors (Lipinski definition) is 2. The van der Waals surface area contributed by atoms with Gasteiger partial charge in [-0.25, -0.2) is 9.80 Å². The first-order valence-electron chi connectivity index (χ1n) is 7.25. The number of carboxylic acids is 1. The highest BCUT2D eigenvalue weighted by Gasteiger charge is 2.25. The van der Waals surface area contributed by atoms with Gasteiger partial charge in [-0.2, -0.15) is 0 Å². The van der Waals surface area contributed by atoms with Gasteiger partial charge in [0.15, 0.2) is 0 Å². The molecule has 114 valence electrons. The maximum Gasteiger partial charge on any atom is 0.331 e. The fourth-order valence-corrected chi connectivity index (χ4v) is 2.69. The maximum atomic E-state index is 12.2. The summed E-state index contributed by atoms with van der Waals surface area (Å²) in [5.74, 6) is -0.463. The number of ether oxygens (including phenoxy) is 1. The van der Waals surface area contributed by atoms with Gasteiger partial charge in [0.2, 0.25) is 0 Å².